The zero-order chi connectivity index (χ0) is 16.5. The van der Waals surface area contributed by atoms with E-state index in [1.54, 1.807) is 11.8 Å². The van der Waals surface area contributed by atoms with Crippen LogP contribution in [0.25, 0.3) is 0 Å². The van der Waals surface area contributed by atoms with Gasteiger partial charge in [0.1, 0.15) is 0 Å². The number of amides is 2. The molecule has 1 heterocycles. The summed E-state index contributed by atoms with van der Waals surface area (Å²) in [5.41, 5.74) is 0. The van der Waals surface area contributed by atoms with Crippen LogP contribution in [0.4, 0.5) is 9.59 Å². The maximum atomic E-state index is 11.5. The summed E-state index contributed by atoms with van der Waals surface area (Å²) in [6.45, 7) is 0. The van der Waals surface area contributed by atoms with Gasteiger partial charge in [-0.05, 0) is 12.8 Å². The molecular formula is C13H22N2O6S. The van der Waals surface area contributed by atoms with E-state index in [-0.39, 0.29) is 23.8 Å². The van der Waals surface area contributed by atoms with Crippen LogP contribution in [0.2, 0.25) is 0 Å². The fourth-order valence-corrected chi connectivity index (χ4v) is 3.85. The van der Waals surface area contributed by atoms with Crippen molar-refractivity contribution < 1.29 is 29.0 Å². The van der Waals surface area contributed by atoms with E-state index in [1.807, 2.05) is 0 Å². The van der Waals surface area contributed by atoms with Crippen LogP contribution in [0.1, 0.15) is 25.7 Å². The largest absolute Gasteiger partial charge is 0.481 e. The normalized spacial score (nSPS) is 23.6. The number of carboxylic acid groups (broad SMARTS) is 1. The van der Waals surface area contributed by atoms with Gasteiger partial charge in [0.05, 0.1) is 26.3 Å². The van der Waals surface area contributed by atoms with Crippen LogP contribution < -0.4 is 10.6 Å². The van der Waals surface area contributed by atoms with Gasteiger partial charge in [-0.3, -0.25) is 4.79 Å². The quantitative estimate of drug-likeness (QED) is 0.599. The molecule has 1 fully saturated rings. The predicted molar refractivity (Wildman–Crippen MR) is 81.0 cm³/mol. The monoisotopic (exact) mass is 334 g/mol. The molecule has 1 rings (SSSR count). The molecule has 0 unspecified atom stereocenters. The molecule has 3 N–H and O–H groups in total. The van der Waals surface area contributed by atoms with Gasteiger partial charge in [0, 0.05) is 17.4 Å². The highest BCUT2D eigenvalue weighted by Crippen LogP contribution is 2.31. The molecule has 0 aromatic carbocycles. The molecule has 0 bridgehead atoms. The van der Waals surface area contributed by atoms with Crippen LogP contribution in [-0.2, 0) is 14.3 Å². The summed E-state index contributed by atoms with van der Waals surface area (Å²) < 4.78 is 9.20. The Bertz CT molecular complexity index is 406. The van der Waals surface area contributed by atoms with Crippen LogP contribution >= 0.6 is 11.8 Å². The number of aliphatic carboxylic acids is 1. The van der Waals surface area contributed by atoms with E-state index in [4.69, 9.17) is 5.11 Å². The highest BCUT2D eigenvalue weighted by molar-refractivity contribution is 8.00. The number of unbranched alkanes of at least 4 members (excludes halogenated alkanes) is 1. The number of ether oxygens (including phenoxy) is 2. The molecule has 0 aromatic rings. The minimum Gasteiger partial charge on any atom is -0.481 e. The van der Waals surface area contributed by atoms with E-state index in [0.717, 1.165) is 12.8 Å². The number of thioether (sulfide) groups is 1. The summed E-state index contributed by atoms with van der Waals surface area (Å²) in [6, 6.07) is -0.526. The van der Waals surface area contributed by atoms with Gasteiger partial charge in [0.2, 0.25) is 0 Å². The van der Waals surface area contributed by atoms with Crippen LogP contribution in [0.5, 0.6) is 0 Å². The van der Waals surface area contributed by atoms with Crippen molar-refractivity contribution in [2.24, 2.45) is 0 Å². The molecule has 0 saturated carbocycles. The van der Waals surface area contributed by atoms with Crippen LogP contribution in [0.15, 0.2) is 0 Å². The Morgan fingerprint density at radius 3 is 2.36 bits per heavy atom. The minimum absolute atomic E-state index is 0.0926. The first-order valence-electron chi connectivity index (χ1n) is 7.00. The van der Waals surface area contributed by atoms with Gasteiger partial charge < -0.3 is 25.2 Å². The second-order valence-electron chi connectivity index (χ2n) is 4.92. The number of carbonyl (C=O) groups excluding carboxylic acids is 2. The number of carbonyl (C=O) groups is 3. The zero-order valence-corrected chi connectivity index (χ0v) is 13.5. The van der Waals surface area contributed by atoms with E-state index in [9.17, 15) is 14.4 Å². The Labute approximate surface area is 133 Å². The number of nitrogens with one attached hydrogen (secondary N) is 2. The van der Waals surface area contributed by atoms with Gasteiger partial charge in [-0.15, -0.1) is 0 Å². The number of alkyl carbamates (subject to hydrolysis) is 2. The molecule has 9 heteroatoms. The van der Waals surface area contributed by atoms with Gasteiger partial charge >= 0.3 is 18.2 Å². The van der Waals surface area contributed by atoms with Gasteiger partial charge in [-0.2, -0.15) is 11.8 Å². The van der Waals surface area contributed by atoms with E-state index in [0.29, 0.717) is 12.2 Å². The van der Waals surface area contributed by atoms with E-state index in [1.165, 1.54) is 14.2 Å². The van der Waals surface area contributed by atoms with Gasteiger partial charge in [0.15, 0.2) is 0 Å². The molecule has 0 spiro atoms. The third kappa shape index (κ3) is 6.00. The molecule has 0 radical (unpaired) electrons. The van der Waals surface area contributed by atoms with E-state index < -0.39 is 18.2 Å². The summed E-state index contributed by atoms with van der Waals surface area (Å²) >= 11 is 1.63. The lowest BCUT2D eigenvalue weighted by atomic mass is 10.0. The van der Waals surface area contributed by atoms with Crippen LogP contribution in [0.3, 0.4) is 0 Å². The Morgan fingerprint density at radius 2 is 1.77 bits per heavy atom. The molecule has 0 aromatic heterocycles. The lowest BCUT2D eigenvalue weighted by Gasteiger charge is -2.24. The molecule has 3 atom stereocenters. The number of methoxy groups -OCH3 is 2. The summed E-state index contributed by atoms with van der Waals surface area (Å²) in [4.78, 5) is 33.3. The number of rotatable bonds is 7. The Hall–Kier alpha value is -1.64. The van der Waals surface area contributed by atoms with Crippen molar-refractivity contribution in [3.05, 3.63) is 0 Å². The van der Waals surface area contributed by atoms with Gasteiger partial charge in [-0.1, -0.05) is 6.42 Å². The van der Waals surface area contributed by atoms with Gasteiger partial charge in [-0.25, -0.2) is 9.59 Å². The standard InChI is InChI=1S/C13H22N2O6S/c1-20-12(18)14-8-7-22-9(5-3-4-6-10(16)17)11(8)15-13(19)21-2/h8-9,11H,3-7H2,1-2H3,(H,14,18)(H,15,19)(H,16,17)/t8-,9+,11-/m1/s1. The molecule has 1 aliphatic rings. The maximum absolute atomic E-state index is 11.5. The first kappa shape index (κ1) is 18.4. The minimum atomic E-state index is -0.812. The molecule has 1 aliphatic heterocycles. The van der Waals surface area contributed by atoms with Crippen molar-refractivity contribution in [2.75, 3.05) is 20.0 Å². The summed E-state index contributed by atoms with van der Waals surface area (Å²) in [5.74, 6) is -0.165. The van der Waals surface area contributed by atoms with Crippen molar-refractivity contribution in [1.82, 2.24) is 10.6 Å². The molecule has 8 nitrogen and oxygen atoms in total. The number of hydrogen-bond acceptors (Lipinski definition) is 6. The van der Waals surface area contributed by atoms with Crippen molar-refractivity contribution in [1.29, 1.82) is 0 Å². The first-order valence-corrected chi connectivity index (χ1v) is 8.05. The third-order valence-corrected chi connectivity index (χ3v) is 4.92. The second-order valence-corrected chi connectivity index (χ2v) is 6.19. The molecule has 22 heavy (non-hydrogen) atoms. The summed E-state index contributed by atoms with van der Waals surface area (Å²) in [5, 5.41) is 14.2. The molecule has 1 saturated heterocycles. The lowest BCUT2D eigenvalue weighted by molar-refractivity contribution is -0.137. The number of carboxylic acids is 1. The van der Waals surface area contributed by atoms with Crippen LogP contribution in [-0.4, -0.2) is 60.6 Å². The third-order valence-electron chi connectivity index (χ3n) is 3.41. The second kappa shape index (κ2) is 9.39. The summed E-state index contributed by atoms with van der Waals surface area (Å²) in [7, 11) is 2.56. The smallest absolute Gasteiger partial charge is 0.407 e. The Morgan fingerprint density at radius 1 is 1.14 bits per heavy atom. The SMILES string of the molecule is COC(=O)N[C@H]1[C@H](CCCCC(=O)O)SC[C@H]1NC(=O)OC. The van der Waals surface area contributed by atoms with Gasteiger partial charge in [0.25, 0.3) is 0 Å². The molecule has 0 aliphatic carbocycles. The van der Waals surface area contributed by atoms with Crippen LogP contribution in [0, 0.1) is 0 Å². The highest BCUT2D eigenvalue weighted by atomic mass is 32.2. The molecule has 126 valence electrons. The fourth-order valence-electron chi connectivity index (χ4n) is 2.31. The lowest BCUT2D eigenvalue weighted by Crippen LogP contribution is -2.53. The summed E-state index contributed by atoms with van der Waals surface area (Å²) in [6.07, 6.45) is 1.12. The fraction of sp³-hybridized carbons (Fsp3) is 0.769. The van der Waals surface area contributed by atoms with Crippen molar-refractivity contribution in [3.63, 3.8) is 0 Å². The zero-order valence-electron chi connectivity index (χ0n) is 12.7. The molecular weight excluding hydrogens is 312 g/mol. The van der Waals surface area contributed by atoms with E-state index >= 15 is 0 Å². The predicted octanol–water partition coefficient (Wildman–Crippen LogP) is 1.20. The average Bonchev–Trinajstić information content (AvgIpc) is 2.85. The van der Waals surface area contributed by atoms with E-state index in [2.05, 4.69) is 20.1 Å². The average molecular weight is 334 g/mol. The van der Waals surface area contributed by atoms with Crippen molar-refractivity contribution >= 4 is 29.9 Å². The van der Waals surface area contributed by atoms with Crippen molar-refractivity contribution in [3.8, 4) is 0 Å². The Kier molecular flexibility index (Phi) is 7.86. The Balaban J connectivity index is 2.55. The first-order chi connectivity index (χ1) is 10.5. The van der Waals surface area contributed by atoms with Crippen molar-refractivity contribution in [2.45, 2.75) is 43.0 Å². The highest BCUT2D eigenvalue weighted by Gasteiger charge is 2.38. The number of hydrogen-bond donors (Lipinski definition) is 3. The molecule has 2 amide bonds. The topological polar surface area (TPSA) is 114 Å². The maximum Gasteiger partial charge on any atom is 0.407 e.